The van der Waals surface area contributed by atoms with Crippen LogP contribution in [0.15, 0.2) is 30.5 Å². The van der Waals surface area contributed by atoms with E-state index in [0.717, 1.165) is 0 Å². The highest BCUT2D eigenvalue weighted by molar-refractivity contribution is 6.28. The maximum Gasteiger partial charge on any atom is 0.244 e. The quantitative estimate of drug-likeness (QED) is 0.907. The average molecular weight is 253 g/mol. The average Bonchev–Trinajstić information content (AvgIpc) is 2.32. The van der Waals surface area contributed by atoms with Crippen LogP contribution in [0.4, 0.5) is 10.2 Å². The van der Waals surface area contributed by atoms with Crippen molar-refractivity contribution in [2.24, 2.45) is 0 Å². The van der Waals surface area contributed by atoms with E-state index in [0.29, 0.717) is 24.3 Å². The monoisotopic (exact) mass is 252 g/mol. The van der Waals surface area contributed by atoms with Crippen molar-refractivity contribution >= 4 is 17.4 Å². The van der Waals surface area contributed by atoms with Crippen LogP contribution in [0, 0.1) is 5.82 Å². The number of hydrogen-bond donors (Lipinski definition) is 1. The van der Waals surface area contributed by atoms with E-state index in [9.17, 15) is 4.39 Å². The van der Waals surface area contributed by atoms with E-state index in [2.05, 4.69) is 20.5 Å². The molecule has 88 valence electrons. The number of aromatic nitrogens is 3. The zero-order chi connectivity index (χ0) is 12.1. The summed E-state index contributed by atoms with van der Waals surface area (Å²) in [4.78, 5) is 3.91. The Balaban J connectivity index is 1.90. The second-order valence-corrected chi connectivity index (χ2v) is 3.72. The first-order valence-corrected chi connectivity index (χ1v) is 5.46. The minimum Gasteiger partial charge on any atom is -0.368 e. The molecular weight excluding hydrogens is 243 g/mol. The molecule has 2 aromatic rings. The van der Waals surface area contributed by atoms with Crippen LogP contribution >= 0.6 is 11.6 Å². The normalized spacial score (nSPS) is 10.2. The zero-order valence-corrected chi connectivity index (χ0v) is 9.65. The number of hydrogen-bond acceptors (Lipinski definition) is 4. The molecule has 2 rings (SSSR count). The number of benzene rings is 1. The lowest BCUT2D eigenvalue weighted by atomic mass is 10.1. The summed E-state index contributed by atoms with van der Waals surface area (Å²) in [6.45, 7) is 0.552. The van der Waals surface area contributed by atoms with Gasteiger partial charge < -0.3 is 5.32 Å². The van der Waals surface area contributed by atoms with E-state index in [1.54, 1.807) is 12.1 Å². The predicted molar refractivity (Wildman–Crippen MR) is 63.4 cm³/mol. The third-order valence-corrected chi connectivity index (χ3v) is 2.35. The van der Waals surface area contributed by atoms with E-state index in [4.69, 9.17) is 11.6 Å². The molecule has 0 amide bonds. The Morgan fingerprint density at radius 3 is 2.88 bits per heavy atom. The van der Waals surface area contributed by atoms with Crippen molar-refractivity contribution in [2.45, 2.75) is 6.42 Å². The molecule has 1 aromatic heterocycles. The molecule has 0 saturated carbocycles. The first kappa shape index (κ1) is 11.7. The Hall–Kier alpha value is -1.75. The molecule has 0 bridgehead atoms. The Morgan fingerprint density at radius 2 is 2.12 bits per heavy atom. The molecule has 1 heterocycles. The van der Waals surface area contributed by atoms with Gasteiger partial charge in [-0.2, -0.15) is 10.1 Å². The molecular formula is C11H10ClFN4. The molecule has 0 radical (unpaired) electrons. The maximum absolute atomic E-state index is 13.3. The van der Waals surface area contributed by atoms with Gasteiger partial charge in [-0.1, -0.05) is 18.2 Å². The van der Waals surface area contributed by atoms with Gasteiger partial charge in [-0.25, -0.2) is 4.39 Å². The lowest BCUT2D eigenvalue weighted by molar-refractivity contribution is 0.610. The molecule has 0 spiro atoms. The Labute approximate surface area is 103 Å². The van der Waals surface area contributed by atoms with Gasteiger partial charge in [-0.3, -0.25) is 0 Å². The molecule has 1 aromatic carbocycles. The maximum atomic E-state index is 13.3. The van der Waals surface area contributed by atoms with Crippen LogP contribution in [0.1, 0.15) is 5.56 Å². The minimum absolute atomic E-state index is 0.0842. The second-order valence-electron chi connectivity index (χ2n) is 3.38. The summed E-state index contributed by atoms with van der Waals surface area (Å²) in [6.07, 6.45) is 2.03. The van der Waals surface area contributed by atoms with Crippen molar-refractivity contribution in [3.63, 3.8) is 0 Å². The number of nitrogens with zero attached hydrogens (tertiary/aromatic N) is 3. The van der Waals surface area contributed by atoms with Crippen LogP contribution in [0.5, 0.6) is 0 Å². The van der Waals surface area contributed by atoms with Crippen molar-refractivity contribution in [1.29, 1.82) is 0 Å². The van der Waals surface area contributed by atoms with Gasteiger partial charge >= 0.3 is 0 Å². The van der Waals surface area contributed by atoms with Gasteiger partial charge in [0.2, 0.25) is 5.28 Å². The van der Waals surface area contributed by atoms with Crippen molar-refractivity contribution < 1.29 is 4.39 Å². The van der Waals surface area contributed by atoms with E-state index < -0.39 is 0 Å². The molecule has 0 unspecified atom stereocenters. The fraction of sp³-hybridized carbons (Fsp3) is 0.182. The van der Waals surface area contributed by atoms with E-state index in [1.165, 1.54) is 12.3 Å². The number of nitrogens with one attached hydrogen (secondary N) is 1. The molecule has 0 aliphatic carbocycles. The van der Waals surface area contributed by atoms with Crippen molar-refractivity contribution in [3.05, 3.63) is 47.1 Å². The van der Waals surface area contributed by atoms with Crippen LogP contribution in [0.2, 0.25) is 5.28 Å². The smallest absolute Gasteiger partial charge is 0.244 e. The summed E-state index contributed by atoms with van der Waals surface area (Å²) in [7, 11) is 0. The van der Waals surface area contributed by atoms with Crippen molar-refractivity contribution in [3.8, 4) is 0 Å². The van der Waals surface area contributed by atoms with Crippen molar-refractivity contribution in [1.82, 2.24) is 15.2 Å². The summed E-state index contributed by atoms with van der Waals surface area (Å²) in [5.74, 6) is 0.328. The molecule has 6 heteroatoms. The van der Waals surface area contributed by atoms with E-state index >= 15 is 0 Å². The predicted octanol–water partition coefficient (Wildman–Crippen LogP) is 2.32. The summed E-state index contributed by atoms with van der Waals surface area (Å²) in [6, 6.07) is 6.67. The van der Waals surface area contributed by atoms with E-state index in [-0.39, 0.29) is 11.1 Å². The zero-order valence-electron chi connectivity index (χ0n) is 8.90. The number of rotatable bonds is 4. The second kappa shape index (κ2) is 5.54. The molecule has 0 saturated heterocycles. The Kier molecular flexibility index (Phi) is 3.82. The molecule has 0 fully saturated rings. The molecule has 4 nitrogen and oxygen atoms in total. The van der Waals surface area contributed by atoms with Gasteiger partial charge in [-0.15, -0.1) is 5.10 Å². The standard InChI is InChI=1S/C11H10ClFN4/c12-11-16-10(7-15-17-11)14-6-5-8-3-1-2-4-9(8)13/h1-4,7H,5-6H2,(H,14,16,17). The number of anilines is 1. The highest BCUT2D eigenvalue weighted by atomic mass is 35.5. The first-order valence-electron chi connectivity index (χ1n) is 5.08. The fourth-order valence-electron chi connectivity index (χ4n) is 1.39. The molecule has 0 aliphatic heterocycles. The van der Waals surface area contributed by atoms with Crippen molar-refractivity contribution in [2.75, 3.05) is 11.9 Å². The topological polar surface area (TPSA) is 50.7 Å². The van der Waals surface area contributed by atoms with Crippen LogP contribution in [0.25, 0.3) is 0 Å². The lowest BCUT2D eigenvalue weighted by Crippen LogP contribution is -2.08. The SMILES string of the molecule is Fc1ccccc1CCNc1cnnc(Cl)n1. The summed E-state index contributed by atoms with van der Waals surface area (Å²) in [5.41, 5.74) is 0.660. The van der Waals surface area contributed by atoms with Crippen LogP contribution in [-0.4, -0.2) is 21.7 Å². The van der Waals surface area contributed by atoms with Gasteiger partial charge in [-0.05, 0) is 29.7 Å². The van der Waals surface area contributed by atoms with Gasteiger partial charge in [0, 0.05) is 6.54 Å². The summed E-state index contributed by atoms with van der Waals surface area (Å²) in [5, 5.41) is 10.3. The molecule has 17 heavy (non-hydrogen) atoms. The Morgan fingerprint density at radius 1 is 1.29 bits per heavy atom. The van der Waals surface area contributed by atoms with Crippen LogP contribution < -0.4 is 5.32 Å². The van der Waals surface area contributed by atoms with Gasteiger partial charge in [0.05, 0.1) is 6.20 Å². The molecule has 0 atom stereocenters. The summed E-state index contributed by atoms with van der Waals surface area (Å²) >= 11 is 5.58. The van der Waals surface area contributed by atoms with E-state index in [1.807, 2.05) is 6.07 Å². The lowest BCUT2D eigenvalue weighted by Gasteiger charge is -2.05. The third-order valence-electron chi connectivity index (χ3n) is 2.19. The summed E-state index contributed by atoms with van der Waals surface area (Å²) < 4.78 is 13.3. The van der Waals surface area contributed by atoms with Gasteiger partial charge in [0.25, 0.3) is 0 Å². The Bertz CT molecular complexity index is 506. The molecule has 0 aliphatic rings. The van der Waals surface area contributed by atoms with Crippen LogP contribution in [-0.2, 0) is 6.42 Å². The number of halogens is 2. The van der Waals surface area contributed by atoms with Gasteiger partial charge in [0.15, 0.2) is 0 Å². The highest BCUT2D eigenvalue weighted by Gasteiger charge is 2.01. The van der Waals surface area contributed by atoms with Gasteiger partial charge in [0.1, 0.15) is 11.6 Å². The minimum atomic E-state index is -0.201. The fourth-order valence-corrected chi connectivity index (χ4v) is 1.53. The highest BCUT2D eigenvalue weighted by Crippen LogP contribution is 2.08. The van der Waals surface area contributed by atoms with Crippen LogP contribution in [0.3, 0.4) is 0 Å². The largest absolute Gasteiger partial charge is 0.368 e. The first-order chi connectivity index (χ1) is 8.25. The molecule has 1 N–H and O–H groups in total. The third kappa shape index (κ3) is 3.35.